The molecule has 0 saturated heterocycles. The van der Waals surface area contributed by atoms with Gasteiger partial charge in [-0.05, 0) is 30.4 Å². The molecular weight excluding hydrogens is 148 g/mol. The van der Waals surface area contributed by atoms with Gasteiger partial charge >= 0.3 is 0 Å². The summed E-state index contributed by atoms with van der Waals surface area (Å²) in [5, 5.41) is 0. The van der Waals surface area contributed by atoms with Crippen molar-refractivity contribution in [1.82, 2.24) is 0 Å². The molecule has 1 nitrogen and oxygen atoms in total. The Morgan fingerprint density at radius 3 is 2.58 bits per heavy atom. The highest BCUT2D eigenvalue weighted by molar-refractivity contribution is 5.18. The first-order valence-corrected chi connectivity index (χ1v) is 4.40. The van der Waals surface area contributed by atoms with Crippen molar-refractivity contribution in [3.63, 3.8) is 0 Å². The fourth-order valence-corrected chi connectivity index (χ4v) is 1.59. The van der Waals surface area contributed by atoms with Gasteiger partial charge in [0.15, 0.2) is 0 Å². The quantitative estimate of drug-likeness (QED) is 0.662. The first-order valence-electron chi connectivity index (χ1n) is 4.40. The van der Waals surface area contributed by atoms with Crippen LogP contribution in [-0.2, 0) is 4.74 Å². The first-order chi connectivity index (χ1) is 5.92. The first kappa shape index (κ1) is 7.81. The van der Waals surface area contributed by atoms with Crippen molar-refractivity contribution in [2.45, 2.75) is 18.9 Å². The number of hydrogen-bond acceptors (Lipinski definition) is 1. The van der Waals surface area contributed by atoms with E-state index in [0.29, 0.717) is 6.10 Å². The van der Waals surface area contributed by atoms with Crippen LogP contribution in [0.2, 0.25) is 0 Å². The van der Waals surface area contributed by atoms with Gasteiger partial charge in [0.2, 0.25) is 0 Å². The van der Waals surface area contributed by atoms with Crippen LogP contribution < -0.4 is 0 Å². The molecule has 0 bridgehead atoms. The molecule has 1 unspecified atom stereocenters. The van der Waals surface area contributed by atoms with Gasteiger partial charge in [0, 0.05) is 7.11 Å². The molecule has 0 N–H and O–H groups in total. The van der Waals surface area contributed by atoms with E-state index in [1.807, 2.05) is 12.1 Å². The van der Waals surface area contributed by atoms with Crippen molar-refractivity contribution in [3.05, 3.63) is 35.9 Å². The lowest BCUT2D eigenvalue weighted by Crippen LogP contribution is -2.02. The molecule has 0 aromatic heterocycles. The average molecular weight is 161 g/mol. The van der Waals surface area contributed by atoms with Gasteiger partial charge in [-0.3, -0.25) is 0 Å². The summed E-state index contributed by atoms with van der Waals surface area (Å²) in [5.74, 6) is 0.761. The van der Waals surface area contributed by atoms with Crippen LogP contribution in [0, 0.1) is 12.0 Å². The zero-order chi connectivity index (χ0) is 8.39. The Bertz CT molecular complexity index is 238. The Kier molecular flexibility index (Phi) is 2.13. The van der Waals surface area contributed by atoms with E-state index >= 15 is 0 Å². The Hall–Kier alpha value is -0.820. The molecule has 0 heterocycles. The van der Waals surface area contributed by atoms with E-state index in [1.165, 1.54) is 18.4 Å². The summed E-state index contributed by atoms with van der Waals surface area (Å²) >= 11 is 0. The highest BCUT2D eigenvalue weighted by atomic mass is 16.5. The summed E-state index contributed by atoms with van der Waals surface area (Å²) in [4.78, 5) is 0. The van der Waals surface area contributed by atoms with Gasteiger partial charge in [-0.2, -0.15) is 0 Å². The van der Waals surface area contributed by atoms with E-state index in [4.69, 9.17) is 4.74 Å². The van der Waals surface area contributed by atoms with E-state index in [-0.39, 0.29) is 0 Å². The third-order valence-corrected chi connectivity index (χ3v) is 2.38. The maximum absolute atomic E-state index is 5.45. The van der Waals surface area contributed by atoms with Gasteiger partial charge in [-0.1, -0.05) is 24.3 Å². The second kappa shape index (κ2) is 3.28. The molecule has 1 heteroatoms. The van der Waals surface area contributed by atoms with Crippen LogP contribution in [0.15, 0.2) is 24.3 Å². The topological polar surface area (TPSA) is 9.23 Å². The van der Waals surface area contributed by atoms with E-state index in [2.05, 4.69) is 18.2 Å². The van der Waals surface area contributed by atoms with E-state index in [1.54, 1.807) is 7.11 Å². The molecule has 1 aliphatic carbocycles. The normalized spacial score (nSPS) is 19.1. The summed E-state index contributed by atoms with van der Waals surface area (Å²) < 4.78 is 5.45. The second-order valence-corrected chi connectivity index (χ2v) is 3.33. The summed E-state index contributed by atoms with van der Waals surface area (Å²) in [6.45, 7) is 0. The van der Waals surface area contributed by atoms with Crippen LogP contribution in [0.1, 0.15) is 24.5 Å². The zero-order valence-electron chi connectivity index (χ0n) is 7.29. The van der Waals surface area contributed by atoms with Crippen LogP contribution in [0.3, 0.4) is 0 Å². The third-order valence-electron chi connectivity index (χ3n) is 2.38. The molecule has 1 saturated carbocycles. The van der Waals surface area contributed by atoms with E-state index in [0.717, 1.165) is 5.92 Å². The minimum absolute atomic E-state index is 0.319. The average Bonchev–Trinajstić information content (AvgIpc) is 2.92. The fraction of sp³-hybridized carbons (Fsp3) is 0.455. The molecule has 0 amide bonds. The number of ether oxygens (including phenoxy) is 1. The molecule has 1 atom stereocenters. The summed E-state index contributed by atoms with van der Waals surface area (Å²) in [7, 11) is 1.79. The molecule has 1 aliphatic rings. The number of hydrogen-bond donors (Lipinski definition) is 0. The Labute approximate surface area is 73.4 Å². The molecule has 12 heavy (non-hydrogen) atoms. The van der Waals surface area contributed by atoms with E-state index in [9.17, 15) is 0 Å². The molecule has 1 fully saturated rings. The van der Waals surface area contributed by atoms with Crippen LogP contribution in [0.5, 0.6) is 0 Å². The monoisotopic (exact) mass is 161 g/mol. The Morgan fingerprint density at radius 1 is 1.42 bits per heavy atom. The van der Waals surface area contributed by atoms with Crippen molar-refractivity contribution in [2.24, 2.45) is 5.92 Å². The zero-order valence-corrected chi connectivity index (χ0v) is 7.29. The van der Waals surface area contributed by atoms with Crippen LogP contribution in [0.25, 0.3) is 0 Å². The fourth-order valence-electron chi connectivity index (χ4n) is 1.59. The van der Waals surface area contributed by atoms with Gasteiger partial charge in [-0.25, -0.2) is 0 Å². The lowest BCUT2D eigenvalue weighted by molar-refractivity contribution is 0.0846. The standard InChI is InChI=1S/C11H13O/c1-12-11(10-7-8-10)9-5-3-2-4-6-9/h3-6,10-11H,7-8H2,1H3. The predicted molar refractivity (Wildman–Crippen MR) is 47.8 cm³/mol. The van der Waals surface area contributed by atoms with Crippen LogP contribution in [-0.4, -0.2) is 7.11 Å². The van der Waals surface area contributed by atoms with Crippen molar-refractivity contribution in [1.29, 1.82) is 0 Å². The summed E-state index contributed by atoms with van der Waals surface area (Å²) in [6.07, 6.45) is 2.95. The van der Waals surface area contributed by atoms with Gasteiger partial charge in [0.25, 0.3) is 0 Å². The Morgan fingerprint density at radius 2 is 2.08 bits per heavy atom. The molecule has 0 aliphatic heterocycles. The van der Waals surface area contributed by atoms with Crippen molar-refractivity contribution >= 4 is 0 Å². The van der Waals surface area contributed by atoms with Crippen LogP contribution >= 0.6 is 0 Å². The third kappa shape index (κ3) is 1.51. The number of methoxy groups -OCH3 is 1. The van der Waals surface area contributed by atoms with Gasteiger partial charge in [0.1, 0.15) is 0 Å². The van der Waals surface area contributed by atoms with E-state index < -0.39 is 0 Å². The highest BCUT2D eigenvalue weighted by Crippen LogP contribution is 2.42. The second-order valence-electron chi connectivity index (χ2n) is 3.33. The lowest BCUT2D eigenvalue weighted by Gasteiger charge is -2.13. The van der Waals surface area contributed by atoms with Crippen LogP contribution in [0.4, 0.5) is 0 Å². The SMILES string of the molecule is COC(c1cc[c]cc1)C1CC1. The van der Waals surface area contributed by atoms with Crippen molar-refractivity contribution in [3.8, 4) is 0 Å². The summed E-state index contributed by atoms with van der Waals surface area (Å²) in [6, 6.07) is 11.1. The van der Waals surface area contributed by atoms with Crippen molar-refractivity contribution < 1.29 is 4.74 Å². The van der Waals surface area contributed by atoms with Gasteiger partial charge in [-0.15, -0.1) is 0 Å². The van der Waals surface area contributed by atoms with Crippen molar-refractivity contribution in [2.75, 3.05) is 7.11 Å². The largest absolute Gasteiger partial charge is 0.376 e. The van der Waals surface area contributed by atoms with Gasteiger partial charge < -0.3 is 4.74 Å². The highest BCUT2D eigenvalue weighted by Gasteiger charge is 2.31. The lowest BCUT2D eigenvalue weighted by atomic mass is 10.1. The predicted octanol–water partition coefficient (Wildman–Crippen LogP) is 2.58. The molecule has 0 spiro atoms. The van der Waals surface area contributed by atoms with Gasteiger partial charge in [0.05, 0.1) is 6.10 Å². The smallest absolute Gasteiger partial charge is 0.0849 e. The number of benzene rings is 1. The maximum Gasteiger partial charge on any atom is 0.0849 e. The molecular formula is C11H13O. The maximum atomic E-state index is 5.45. The minimum Gasteiger partial charge on any atom is -0.376 e. The molecule has 1 aromatic carbocycles. The molecule has 1 aromatic rings. The molecule has 2 rings (SSSR count). The molecule has 63 valence electrons. The minimum atomic E-state index is 0.319. The molecule has 1 radical (unpaired) electrons. The summed E-state index contributed by atoms with van der Waals surface area (Å²) in [5.41, 5.74) is 1.29. The Balaban J connectivity index is 2.15. The number of rotatable bonds is 3.